The maximum absolute atomic E-state index is 11.3. The summed E-state index contributed by atoms with van der Waals surface area (Å²) in [6, 6.07) is 22.7. The fourth-order valence-corrected chi connectivity index (χ4v) is 3.66. The predicted molar refractivity (Wildman–Crippen MR) is 108 cm³/mol. The Balaban J connectivity index is 2.18. The summed E-state index contributed by atoms with van der Waals surface area (Å²) in [5, 5.41) is 11.7. The van der Waals surface area contributed by atoms with E-state index in [4.69, 9.17) is 0 Å². The van der Waals surface area contributed by atoms with Gasteiger partial charge in [0.05, 0.1) is 0 Å². The van der Waals surface area contributed by atoms with Crippen LogP contribution in [0.25, 0.3) is 27.5 Å². The van der Waals surface area contributed by atoms with Crippen LogP contribution in [0.4, 0.5) is 0 Å². The van der Waals surface area contributed by atoms with Crippen molar-refractivity contribution in [1.82, 2.24) is 0 Å². The molecule has 0 aromatic heterocycles. The monoisotopic (exact) mass is 428 g/mol. The van der Waals surface area contributed by atoms with Crippen molar-refractivity contribution in [1.29, 1.82) is 0 Å². The van der Waals surface area contributed by atoms with Gasteiger partial charge in [0.25, 0.3) is 0 Å². The molecule has 0 heterocycles. The first kappa shape index (κ1) is 16.7. The van der Waals surface area contributed by atoms with E-state index in [2.05, 4.69) is 42.5 Å². The van der Waals surface area contributed by atoms with Crippen molar-refractivity contribution in [2.75, 3.05) is 0 Å². The van der Waals surface area contributed by atoms with Crippen molar-refractivity contribution >= 4 is 44.9 Å². The normalized spacial score (nSPS) is 12.1. The van der Waals surface area contributed by atoms with E-state index >= 15 is 0 Å². The van der Waals surface area contributed by atoms with E-state index in [0.717, 1.165) is 22.3 Å². The third-order valence-electron chi connectivity index (χ3n) is 4.12. The Kier molecular flexibility index (Phi) is 5.00. The molecular weight excluding hydrogens is 411 g/mol. The van der Waals surface area contributed by atoms with Gasteiger partial charge in [-0.15, -0.1) is 0 Å². The quantitative estimate of drug-likeness (QED) is 0.400. The van der Waals surface area contributed by atoms with Gasteiger partial charge in [0.15, 0.2) is 0 Å². The lowest BCUT2D eigenvalue weighted by molar-refractivity contribution is -0.131. The van der Waals surface area contributed by atoms with Crippen LogP contribution in [0, 0.1) is 0 Å². The Morgan fingerprint density at radius 1 is 1.00 bits per heavy atom. The summed E-state index contributed by atoms with van der Waals surface area (Å²) in [7, 11) is 0. The van der Waals surface area contributed by atoms with Crippen LogP contribution in [0.2, 0.25) is 0 Å². The van der Waals surface area contributed by atoms with Crippen LogP contribution in [0.1, 0.15) is 18.9 Å². The highest BCUT2D eigenvalue weighted by atomic mass is 127. The minimum atomic E-state index is -0.872. The second-order valence-corrected chi connectivity index (χ2v) is 6.64. The molecule has 0 spiro atoms. The third kappa shape index (κ3) is 3.22. The number of carbonyl (C=O) groups is 1. The Morgan fingerprint density at radius 2 is 1.71 bits per heavy atom. The fourth-order valence-electron chi connectivity index (χ4n) is 2.97. The van der Waals surface area contributed by atoms with Crippen molar-refractivity contribution in [3.63, 3.8) is 0 Å². The zero-order chi connectivity index (χ0) is 17.1. The maximum Gasteiger partial charge on any atom is 0.342 e. The van der Waals surface area contributed by atoms with Crippen LogP contribution in [0.3, 0.4) is 0 Å². The molecule has 1 N–H and O–H groups in total. The van der Waals surface area contributed by atoms with Gasteiger partial charge in [-0.3, -0.25) is 0 Å². The fraction of sp³-hybridized carbons (Fsp3) is 0.0952. The number of allylic oxidation sites excluding steroid dienone is 1. The molecule has 0 aliphatic heterocycles. The number of hydrogen-bond donors (Lipinski definition) is 1. The minimum Gasteiger partial charge on any atom is -0.477 e. The number of benzene rings is 3. The molecule has 0 saturated heterocycles. The van der Waals surface area contributed by atoms with Crippen LogP contribution in [0.5, 0.6) is 0 Å². The number of aliphatic carboxylic acids is 1. The van der Waals surface area contributed by atoms with Gasteiger partial charge < -0.3 is 5.11 Å². The zero-order valence-corrected chi connectivity index (χ0v) is 15.4. The number of fused-ring (bicyclic) bond motifs is 1. The first-order valence-electron chi connectivity index (χ1n) is 7.82. The number of carboxylic acids is 1. The second-order valence-electron chi connectivity index (χ2n) is 5.56. The van der Waals surface area contributed by atoms with Gasteiger partial charge in [-0.1, -0.05) is 67.6 Å². The molecule has 120 valence electrons. The highest BCUT2D eigenvalue weighted by molar-refractivity contribution is 14.1. The zero-order valence-electron chi connectivity index (χ0n) is 13.3. The molecular formula is C21H17IO2. The van der Waals surface area contributed by atoms with Crippen molar-refractivity contribution in [3.05, 3.63) is 75.9 Å². The first-order valence-corrected chi connectivity index (χ1v) is 8.90. The van der Waals surface area contributed by atoms with Crippen LogP contribution in [0.15, 0.2) is 70.3 Å². The van der Waals surface area contributed by atoms with E-state index in [1.165, 1.54) is 10.8 Å². The highest BCUT2D eigenvalue weighted by Gasteiger charge is 2.13. The Hall–Kier alpha value is -2.14. The van der Waals surface area contributed by atoms with E-state index in [9.17, 15) is 9.90 Å². The molecule has 0 atom stereocenters. The van der Waals surface area contributed by atoms with E-state index in [1.54, 1.807) is 0 Å². The summed E-state index contributed by atoms with van der Waals surface area (Å²) in [6.07, 6.45) is 0.684. The molecule has 0 unspecified atom stereocenters. The molecule has 0 aliphatic rings. The Bertz CT molecular complexity index is 936. The molecule has 3 aromatic carbocycles. The van der Waals surface area contributed by atoms with Gasteiger partial charge in [0.1, 0.15) is 3.58 Å². The summed E-state index contributed by atoms with van der Waals surface area (Å²) >= 11 is 1.92. The largest absolute Gasteiger partial charge is 0.477 e. The van der Waals surface area contributed by atoms with Gasteiger partial charge in [0, 0.05) is 0 Å². The molecule has 3 rings (SSSR count). The van der Waals surface area contributed by atoms with Crippen LogP contribution < -0.4 is 0 Å². The molecule has 0 amide bonds. The van der Waals surface area contributed by atoms with Crippen molar-refractivity contribution < 1.29 is 9.90 Å². The van der Waals surface area contributed by atoms with Gasteiger partial charge >= 0.3 is 5.97 Å². The lowest BCUT2D eigenvalue weighted by atomic mass is 9.94. The summed E-state index contributed by atoms with van der Waals surface area (Å²) in [4.78, 5) is 11.3. The maximum atomic E-state index is 11.3. The van der Waals surface area contributed by atoms with Gasteiger partial charge in [-0.2, -0.15) is 0 Å². The third-order valence-corrected chi connectivity index (χ3v) is 5.23. The first-order chi connectivity index (χ1) is 11.6. The topological polar surface area (TPSA) is 37.3 Å². The van der Waals surface area contributed by atoms with Gasteiger partial charge in [-0.25, -0.2) is 4.79 Å². The number of carboxylic acid groups (broad SMARTS) is 1. The summed E-state index contributed by atoms with van der Waals surface area (Å²) in [5.41, 5.74) is 4.10. The Morgan fingerprint density at radius 3 is 2.46 bits per heavy atom. The average molecular weight is 428 g/mol. The van der Waals surface area contributed by atoms with Crippen LogP contribution in [-0.4, -0.2) is 11.1 Å². The molecule has 0 radical (unpaired) electrons. The molecule has 0 aliphatic carbocycles. The summed E-state index contributed by atoms with van der Waals surface area (Å²) < 4.78 is 0.380. The molecule has 0 fully saturated rings. The molecule has 2 nitrogen and oxygen atoms in total. The van der Waals surface area contributed by atoms with Crippen LogP contribution in [-0.2, 0) is 4.79 Å². The van der Waals surface area contributed by atoms with E-state index in [1.807, 2.05) is 53.8 Å². The van der Waals surface area contributed by atoms with Crippen molar-refractivity contribution in [2.45, 2.75) is 13.3 Å². The van der Waals surface area contributed by atoms with Gasteiger partial charge in [0.2, 0.25) is 0 Å². The van der Waals surface area contributed by atoms with Gasteiger partial charge in [-0.05, 0) is 68.1 Å². The lowest BCUT2D eigenvalue weighted by Gasteiger charge is -2.11. The lowest BCUT2D eigenvalue weighted by Crippen LogP contribution is -1.98. The van der Waals surface area contributed by atoms with Crippen molar-refractivity contribution in [2.24, 2.45) is 0 Å². The molecule has 24 heavy (non-hydrogen) atoms. The predicted octanol–water partition coefficient (Wildman–Crippen LogP) is 6.15. The molecule has 3 heteroatoms. The smallest absolute Gasteiger partial charge is 0.342 e. The van der Waals surface area contributed by atoms with E-state index in [0.29, 0.717) is 10.0 Å². The summed E-state index contributed by atoms with van der Waals surface area (Å²) in [6.45, 7) is 1.99. The molecule has 0 bridgehead atoms. The summed E-state index contributed by atoms with van der Waals surface area (Å²) in [5.74, 6) is -0.872. The molecule has 3 aromatic rings. The second kappa shape index (κ2) is 7.18. The SMILES string of the molecule is CC/C(=C(/I)C(=O)O)c1cccc(-c2cccc3ccccc23)c1. The van der Waals surface area contributed by atoms with Crippen molar-refractivity contribution in [3.8, 4) is 11.1 Å². The highest BCUT2D eigenvalue weighted by Crippen LogP contribution is 2.32. The average Bonchev–Trinajstić information content (AvgIpc) is 2.62. The van der Waals surface area contributed by atoms with Crippen LogP contribution >= 0.6 is 22.6 Å². The molecule has 0 saturated carbocycles. The number of halogens is 1. The minimum absolute atomic E-state index is 0.380. The number of rotatable bonds is 4. The standard InChI is InChI=1S/C21H17IO2/c1-2-17(20(22)21(23)24)15-9-5-10-16(13-15)19-12-6-8-14-7-3-4-11-18(14)19/h3-13H,2H2,1H3,(H,23,24)/b20-17-. The Labute approximate surface area is 155 Å². The van der Waals surface area contributed by atoms with E-state index < -0.39 is 5.97 Å². The number of hydrogen-bond acceptors (Lipinski definition) is 1. The van der Waals surface area contributed by atoms with E-state index in [-0.39, 0.29) is 0 Å².